The molecule has 0 saturated carbocycles. The van der Waals surface area contributed by atoms with E-state index in [2.05, 4.69) is 49.9 Å². The number of hydrogen-bond acceptors (Lipinski definition) is 4. The Bertz CT molecular complexity index is 501. The molecule has 2 rings (SSSR count). The maximum Gasteiger partial charge on any atom is 0.241 e. The first-order valence-corrected chi connectivity index (χ1v) is 9.21. The summed E-state index contributed by atoms with van der Waals surface area (Å²) < 4.78 is 0. The zero-order valence-corrected chi connectivity index (χ0v) is 17.6. The van der Waals surface area contributed by atoms with Crippen molar-refractivity contribution in [3.8, 4) is 0 Å². The number of amides is 1. The van der Waals surface area contributed by atoms with E-state index in [1.807, 2.05) is 6.92 Å². The molecule has 0 aliphatic carbocycles. The number of carbonyl (C=O) groups is 1. The number of halogens is 1. The van der Waals surface area contributed by atoms with Crippen LogP contribution in [0.5, 0.6) is 0 Å². The standard InChI is InChI=1S/C16H27N5OS.HI/c1-3-7-18-14(22)13-19-16(17-4-2)21-10-8-20(9-11-21)15-6-5-12-23-15;/h5-6,12H,3-4,7-11,13H2,1-2H3,(H,17,19)(H,18,22);1H. The van der Waals surface area contributed by atoms with Gasteiger partial charge in [-0.25, -0.2) is 4.99 Å². The Morgan fingerprint density at radius 1 is 1.25 bits per heavy atom. The SMILES string of the molecule is CCCNC(=O)CN=C(NCC)N1CCN(c2cccs2)CC1.I. The minimum absolute atomic E-state index is 0. The van der Waals surface area contributed by atoms with Gasteiger partial charge in [-0.2, -0.15) is 0 Å². The number of anilines is 1. The normalized spacial score (nSPS) is 15.0. The number of thiophene rings is 1. The molecule has 0 unspecified atom stereocenters. The molecule has 1 aliphatic rings. The van der Waals surface area contributed by atoms with E-state index >= 15 is 0 Å². The van der Waals surface area contributed by atoms with Crippen LogP contribution >= 0.6 is 35.3 Å². The highest BCUT2D eigenvalue weighted by Gasteiger charge is 2.20. The number of aliphatic imine (C=N–C) groups is 1. The Kier molecular flexibility index (Phi) is 10.1. The highest BCUT2D eigenvalue weighted by Crippen LogP contribution is 2.22. The number of rotatable bonds is 6. The molecule has 0 bridgehead atoms. The fraction of sp³-hybridized carbons (Fsp3) is 0.625. The maximum absolute atomic E-state index is 11.7. The predicted octanol–water partition coefficient (Wildman–Crippen LogP) is 1.98. The Balaban J connectivity index is 0.00000288. The van der Waals surface area contributed by atoms with Gasteiger partial charge in [0.2, 0.25) is 5.91 Å². The molecule has 1 aromatic rings. The van der Waals surface area contributed by atoms with Crippen molar-refractivity contribution in [3.63, 3.8) is 0 Å². The molecule has 1 aromatic heterocycles. The molecular formula is C16H28IN5OS. The molecule has 1 amide bonds. The zero-order chi connectivity index (χ0) is 16.5. The second-order valence-corrected chi connectivity index (χ2v) is 6.37. The van der Waals surface area contributed by atoms with E-state index < -0.39 is 0 Å². The van der Waals surface area contributed by atoms with Crippen molar-refractivity contribution >= 4 is 52.2 Å². The van der Waals surface area contributed by atoms with Crippen molar-refractivity contribution in [2.45, 2.75) is 20.3 Å². The first-order chi connectivity index (χ1) is 11.2. The second kappa shape index (κ2) is 11.5. The summed E-state index contributed by atoms with van der Waals surface area (Å²) >= 11 is 1.78. The lowest BCUT2D eigenvalue weighted by Gasteiger charge is -2.37. The number of nitrogens with zero attached hydrogens (tertiary/aromatic N) is 3. The fourth-order valence-corrected chi connectivity index (χ4v) is 3.27. The first kappa shape index (κ1) is 21.0. The largest absolute Gasteiger partial charge is 0.360 e. The maximum atomic E-state index is 11.7. The Morgan fingerprint density at radius 2 is 2.00 bits per heavy atom. The quantitative estimate of drug-likeness (QED) is 0.383. The van der Waals surface area contributed by atoms with Crippen molar-refractivity contribution in [2.24, 2.45) is 4.99 Å². The van der Waals surface area contributed by atoms with Gasteiger partial charge in [-0.3, -0.25) is 4.79 Å². The summed E-state index contributed by atoms with van der Waals surface area (Å²) in [5.41, 5.74) is 0. The van der Waals surface area contributed by atoms with E-state index in [0.29, 0.717) is 6.54 Å². The van der Waals surface area contributed by atoms with Crippen molar-refractivity contribution in [3.05, 3.63) is 17.5 Å². The van der Waals surface area contributed by atoms with E-state index in [0.717, 1.165) is 45.1 Å². The summed E-state index contributed by atoms with van der Waals surface area (Å²) in [6.07, 6.45) is 0.945. The van der Waals surface area contributed by atoms with Crippen LogP contribution < -0.4 is 15.5 Å². The van der Waals surface area contributed by atoms with Gasteiger partial charge < -0.3 is 20.4 Å². The Hall–Kier alpha value is -1.03. The van der Waals surface area contributed by atoms with Gasteiger partial charge in [0.25, 0.3) is 0 Å². The lowest BCUT2D eigenvalue weighted by molar-refractivity contribution is -0.119. The summed E-state index contributed by atoms with van der Waals surface area (Å²) in [6.45, 7) is 9.59. The molecule has 8 heteroatoms. The number of nitrogens with one attached hydrogen (secondary N) is 2. The van der Waals surface area contributed by atoms with Crippen LogP contribution in [0.1, 0.15) is 20.3 Å². The zero-order valence-electron chi connectivity index (χ0n) is 14.5. The van der Waals surface area contributed by atoms with E-state index in [1.54, 1.807) is 11.3 Å². The topological polar surface area (TPSA) is 60.0 Å². The molecule has 6 nitrogen and oxygen atoms in total. The van der Waals surface area contributed by atoms with Crippen LogP contribution in [0.25, 0.3) is 0 Å². The van der Waals surface area contributed by atoms with Gasteiger partial charge in [0, 0.05) is 39.3 Å². The molecule has 0 spiro atoms. The number of carbonyl (C=O) groups excluding carboxylic acids is 1. The molecule has 2 heterocycles. The van der Waals surface area contributed by atoms with E-state index in [4.69, 9.17) is 0 Å². The molecule has 0 radical (unpaired) electrons. The summed E-state index contributed by atoms with van der Waals surface area (Å²) in [5.74, 6) is 0.824. The molecule has 2 N–H and O–H groups in total. The first-order valence-electron chi connectivity index (χ1n) is 8.33. The molecular weight excluding hydrogens is 437 g/mol. The second-order valence-electron chi connectivity index (χ2n) is 5.45. The van der Waals surface area contributed by atoms with Crippen molar-refractivity contribution < 1.29 is 4.79 Å². The third kappa shape index (κ3) is 6.46. The summed E-state index contributed by atoms with van der Waals surface area (Å²) in [4.78, 5) is 20.8. The van der Waals surface area contributed by atoms with Crippen LogP contribution in [-0.2, 0) is 4.79 Å². The fourth-order valence-electron chi connectivity index (χ4n) is 2.48. The third-order valence-corrected chi connectivity index (χ3v) is 4.61. The molecule has 1 aliphatic heterocycles. The average molecular weight is 465 g/mol. The molecule has 0 aromatic carbocycles. The highest BCUT2D eigenvalue weighted by atomic mass is 127. The van der Waals surface area contributed by atoms with Crippen molar-refractivity contribution in [1.82, 2.24) is 15.5 Å². The van der Waals surface area contributed by atoms with Crippen LogP contribution in [0.4, 0.5) is 5.00 Å². The van der Waals surface area contributed by atoms with E-state index in [-0.39, 0.29) is 36.4 Å². The van der Waals surface area contributed by atoms with Crippen LogP contribution in [-0.4, -0.2) is 62.6 Å². The molecule has 1 saturated heterocycles. The molecule has 24 heavy (non-hydrogen) atoms. The lowest BCUT2D eigenvalue weighted by atomic mass is 10.3. The van der Waals surface area contributed by atoms with Crippen molar-refractivity contribution in [1.29, 1.82) is 0 Å². The van der Waals surface area contributed by atoms with Crippen LogP contribution in [0.15, 0.2) is 22.5 Å². The van der Waals surface area contributed by atoms with Gasteiger partial charge in [-0.15, -0.1) is 35.3 Å². The monoisotopic (exact) mass is 465 g/mol. The smallest absolute Gasteiger partial charge is 0.241 e. The van der Waals surface area contributed by atoms with Gasteiger partial charge in [0.15, 0.2) is 5.96 Å². The third-order valence-electron chi connectivity index (χ3n) is 3.68. The Labute approximate surface area is 165 Å². The molecule has 0 atom stereocenters. The van der Waals surface area contributed by atoms with Gasteiger partial charge in [0.1, 0.15) is 6.54 Å². The number of guanidine groups is 1. The lowest BCUT2D eigenvalue weighted by Crippen LogP contribution is -2.52. The number of hydrogen-bond donors (Lipinski definition) is 2. The van der Waals surface area contributed by atoms with E-state index in [9.17, 15) is 4.79 Å². The average Bonchev–Trinajstić information content (AvgIpc) is 3.11. The van der Waals surface area contributed by atoms with Crippen molar-refractivity contribution in [2.75, 3.05) is 50.7 Å². The molecule has 136 valence electrons. The summed E-state index contributed by atoms with van der Waals surface area (Å²) in [7, 11) is 0. The van der Waals surface area contributed by atoms with Gasteiger partial charge in [-0.1, -0.05) is 6.92 Å². The minimum Gasteiger partial charge on any atom is -0.360 e. The minimum atomic E-state index is -0.0144. The predicted molar refractivity (Wildman–Crippen MR) is 113 cm³/mol. The van der Waals surface area contributed by atoms with E-state index in [1.165, 1.54) is 5.00 Å². The number of piperazine rings is 1. The van der Waals surface area contributed by atoms with Gasteiger partial charge in [0.05, 0.1) is 5.00 Å². The Morgan fingerprint density at radius 3 is 2.58 bits per heavy atom. The van der Waals surface area contributed by atoms with Crippen LogP contribution in [0.2, 0.25) is 0 Å². The van der Waals surface area contributed by atoms with Crippen LogP contribution in [0.3, 0.4) is 0 Å². The van der Waals surface area contributed by atoms with Gasteiger partial charge in [-0.05, 0) is 30.9 Å². The highest BCUT2D eigenvalue weighted by molar-refractivity contribution is 14.0. The summed E-state index contributed by atoms with van der Waals surface area (Å²) in [6, 6.07) is 4.25. The van der Waals surface area contributed by atoms with Crippen LogP contribution in [0, 0.1) is 0 Å². The van der Waals surface area contributed by atoms with Gasteiger partial charge >= 0.3 is 0 Å². The molecule has 1 fully saturated rings. The summed E-state index contributed by atoms with van der Waals surface area (Å²) in [5, 5.41) is 9.59.